The van der Waals surface area contributed by atoms with E-state index >= 15 is 0 Å². The van der Waals surface area contributed by atoms with E-state index in [0.717, 1.165) is 11.3 Å². The molecule has 0 aliphatic carbocycles. The lowest BCUT2D eigenvalue weighted by Gasteiger charge is -1.97. The molecule has 14 heavy (non-hydrogen) atoms. The quantitative estimate of drug-likeness (QED) is 0.586. The molecule has 0 fully saturated rings. The minimum Gasteiger partial charge on any atom is -0.258 e. The van der Waals surface area contributed by atoms with Gasteiger partial charge in [0.05, 0.1) is 16.2 Å². The molecule has 1 heterocycles. The third-order valence-electron chi connectivity index (χ3n) is 1.70. The summed E-state index contributed by atoms with van der Waals surface area (Å²) in [6, 6.07) is 1.48. The molecule has 0 N–H and O–H groups in total. The van der Waals surface area contributed by atoms with E-state index < -0.39 is 14.8 Å². The van der Waals surface area contributed by atoms with Crippen LogP contribution in [0.3, 0.4) is 0 Å². The van der Waals surface area contributed by atoms with Crippen molar-refractivity contribution in [3.05, 3.63) is 27.1 Å². The average molecular weight is 235 g/mol. The van der Waals surface area contributed by atoms with Crippen LogP contribution in [-0.2, 0) is 15.6 Å². The number of nitro groups is 1. The van der Waals surface area contributed by atoms with Crippen molar-refractivity contribution in [1.29, 1.82) is 0 Å². The van der Waals surface area contributed by atoms with E-state index in [0.29, 0.717) is 0 Å². The van der Waals surface area contributed by atoms with Crippen LogP contribution in [0.15, 0.2) is 11.4 Å². The van der Waals surface area contributed by atoms with Crippen LogP contribution >= 0.6 is 11.3 Å². The van der Waals surface area contributed by atoms with Crippen molar-refractivity contribution in [3.63, 3.8) is 0 Å². The Bertz CT molecular complexity index is 434. The maximum Gasteiger partial charge on any atom is 0.328 e. The van der Waals surface area contributed by atoms with Crippen molar-refractivity contribution in [2.45, 2.75) is 12.7 Å². The van der Waals surface area contributed by atoms with Crippen molar-refractivity contribution >= 4 is 26.2 Å². The van der Waals surface area contributed by atoms with Crippen LogP contribution in [0.4, 0.5) is 5.00 Å². The van der Waals surface area contributed by atoms with Gasteiger partial charge in [0, 0.05) is 5.75 Å². The third kappa shape index (κ3) is 2.52. The second kappa shape index (κ2) is 4.05. The molecule has 0 atom stereocenters. The number of sulfone groups is 1. The average Bonchev–Trinajstić information content (AvgIpc) is 2.51. The lowest BCUT2D eigenvalue weighted by molar-refractivity contribution is -0.380. The summed E-state index contributed by atoms with van der Waals surface area (Å²) in [5.74, 6) is -0.247. The Labute approximate surface area is 85.4 Å². The first-order chi connectivity index (χ1) is 6.46. The highest BCUT2D eigenvalue weighted by atomic mass is 32.2. The molecule has 78 valence electrons. The topological polar surface area (TPSA) is 77.3 Å². The standard InChI is InChI=1S/C7H9NO4S2/c1-2-14(11,12)5-6-3-4-13-7(6)8(9)10/h3-4H,2,5H2,1H3. The van der Waals surface area contributed by atoms with E-state index in [-0.39, 0.29) is 22.1 Å². The van der Waals surface area contributed by atoms with Gasteiger partial charge in [0.2, 0.25) is 0 Å². The van der Waals surface area contributed by atoms with Gasteiger partial charge in [0.15, 0.2) is 9.84 Å². The van der Waals surface area contributed by atoms with Gasteiger partial charge in [-0.1, -0.05) is 18.3 Å². The van der Waals surface area contributed by atoms with Gasteiger partial charge >= 0.3 is 5.00 Å². The van der Waals surface area contributed by atoms with E-state index in [1.165, 1.54) is 18.4 Å². The number of hydrogen-bond acceptors (Lipinski definition) is 5. The van der Waals surface area contributed by atoms with Crippen LogP contribution in [0.2, 0.25) is 0 Å². The number of rotatable bonds is 4. The highest BCUT2D eigenvalue weighted by Crippen LogP contribution is 2.27. The van der Waals surface area contributed by atoms with Crippen molar-refractivity contribution < 1.29 is 13.3 Å². The molecule has 0 spiro atoms. The SMILES string of the molecule is CCS(=O)(=O)Cc1ccsc1[N+](=O)[O-]. The van der Waals surface area contributed by atoms with Crippen molar-refractivity contribution in [2.24, 2.45) is 0 Å². The molecule has 0 aliphatic heterocycles. The van der Waals surface area contributed by atoms with Crippen LogP contribution in [0, 0.1) is 10.1 Å². The zero-order valence-corrected chi connectivity index (χ0v) is 9.10. The van der Waals surface area contributed by atoms with Gasteiger partial charge in [-0.05, 0) is 11.4 Å². The second-order valence-electron chi connectivity index (χ2n) is 2.68. The molecular formula is C7H9NO4S2. The molecule has 0 saturated carbocycles. The summed E-state index contributed by atoms with van der Waals surface area (Å²) in [4.78, 5) is 9.93. The largest absolute Gasteiger partial charge is 0.328 e. The summed E-state index contributed by atoms with van der Waals surface area (Å²) in [7, 11) is -3.20. The molecular weight excluding hydrogens is 226 g/mol. The highest BCUT2D eigenvalue weighted by molar-refractivity contribution is 7.90. The van der Waals surface area contributed by atoms with Gasteiger partial charge in [0.1, 0.15) is 0 Å². The Balaban J connectivity index is 2.98. The van der Waals surface area contributed by atoms with Crippen molar-refractivity contribution in [2.75, 3.05) is 5.75 Å². The Morgan fingerprint density at radius 1 is 1.57 bits per heavy atom. The number of nitrogens with zero attached hydrogens (tertiary/aromatic N) is 1. The number of hydrogen-bond donors (Lipinski definition) is 0. The molecule has 1 aromatic heterocycles. The minimum atomic E-state index is -3.20. The van der Waals surface area contributed by atoms with Gasteiger partial charge in [-0.15, -0.1) is 0 Å². The van der Waals surface area contributed by atoms with E-state index in [9.17, 15) is 18.5 Å². The summed E-state index contributed by atoms with van der Waals surface area (Å²) in [6.45, 7) is 1.52. The smallest absolute Gasteiger partial charge is 0.258 e. The fourth-order valence-electron chi connectivity index (χ4n) is 0.937. The molecule has 0 radical (unpaired) electrons. The molecule has 5 nitrogen and oxygen atoms in total. The summed E-state index contributed by atoms with van der Waals surface area (Å²) >= 11 is 0.945. The Hall–Kier alpha value is -0.950. The molecule has 0 unspecified atom stereocenters. The molecule has 7 heteroatoms. The summed E-state index contributed by atoms with van der Waals surface area (Å²) < 4.78 is 22.4. The Kier molecular flexibility index (Phi) is 3.22. The van der Waals surface area contributed by atoms with Crippen LogP contribution in [0.25, 0.3) is 0 Å². The lowest BCUT2D eigenvalue weighted by atomic mass is 10.4. The molecule has 0 aliphatic rings. The Morgan fingerprint density at radius 3 is 2.71 bits per heavy atom. The monoisotopic (exact) mass is 235 g/mol. The van der Waals surface area contributed by atoms with Crippen LogP contribution in [0.1, 0.15) is 12.5 Å². The third-order valence-corrected chi connectivity index (χ3v) is 4.24. The summed E-state index contributed by atoms with van der Waals surface area (Å²) in [6.07, 6.45) is 0. The molecule has 1 aromatic rings. The summed E-state index contributed by atoms with van der Waals surface area (Å²) in [5.41, 5.74) is 0.279. The normalized spacial score (nSPS) is 11.5. The van der Waals surface area contributed by atoms with Crippen LogP contribution in [0.5, 0.6) is 0 Å². The van der Waals surface area contributed by atoms with E-state index in [1.54, 1.807) is 0 Å². The molecule has 0 bridgehead atoms. The first-order valence-corrected chi connectivity index (χ1v) is 6.57. The first kappa shape index (κ1) is 11.1. The molecule has 0 amide bonds. The van der Waals surface area contributed by atoms with E-state index in [1.807, 2.05) is 0 Å². The predicted octanol–water partition coefficient (Wildman–Crippen LogP) is 1.59. The van der Waals surface area contributed by atoms with Crippen LogP contribution in [-0.4, -0.2) is 19.1 Å². The zero-order valence-electron chi connectivity index (χ0n) is 7.47. The van der Waals surface area contributed by atoms with E-state index in [4.69, 9.17) is 0 Å². The van der Waals surface area contributed by atoms with E-state index in [2.05, 4.69) is 0 Å². The van der Waals surface area contributed by atoms with Gasteiger partial charge < -0.3 is 0 Å². The number of thiophene rings is 1. The first-order valence-electron chi connectivity index (χ1n) is 3.87. The Morgan fingerprint density at radius 2 is 2.21 bits per heavy atom. The van der Waals surface area contributed by atoms with Crippen molar-refractivity contribution in [3.8, 4) is 0 Å². The van der Waals surface area contributed by atoms with Gasteiger partial charge in [-0.25, -0.2) is 8.42 Å². The lowest BCUT2D eigenvalue weighted by Crippen LogP contribution is -2.06. The molecule has 0 saturated heterocycles. The molecule has 1 rings (SSSR count). The summed E-state index contributed by atoms with van der Waals surface area (Å²) in [5, 5.41) is 11.9. The van der Waals surface area contributed by atoms with Crippen molar-refractivity contribution in [1.82, 2.24) is 0 Å². The fraction of sp³-hybridized carbons (Fsp3) is 0.429. The van der Waals surface area contributed by atoms with Crippen LogP contribution < -0.4 is 0 Å². The highest BCUT2D eigenvalue weighted by Gasteiger charge is 2.20. The maximum absolute atomic E-state index is 11.2. The maximum atomic E-state index is 11.2. The predicted molar refractivity (Wildman–Crippen MR) is 54.1 cm³/mol. The minimum absolute atomic E-state index is 0.000000945. The van der Waals surface area contributed by atoms with Gasteiger partial charge in [-0.2, -0.15) is 0 Å². The zero-order chi connectivity index (χ0) is 10.8. The second-order valence-corrected chi connectivity index (χ2v) is 5.93. The van der Waals surface area contributed by atoms with Gasteiger partial charge in [-0.3, -0.25) is 10.1 Å². The van der Waals surface area contributed by atoms with Gasteiger partial charge in [0.25, 0.3) is 0 Å². The molecule has 0 aromatic carbocycles. The fourth-order valence-corrected chi connectivity index (χ4v) is 2.68.